The molecule has 0 spiro atoms. The van der Waals surface area contributed by atoms with Gasteiger partial charge in [0.15, 0.2) is 11.5 Å². The van der Waals surface area contributed by atoms with Crippen LogP contribution in [0.15, 0.2) is 24.8 Å². The van der Waals surface area contributed by atoms with Crippen LogP contribution < -0.4 is 0 Å². The standard InChI is InChI=1S/C8H7N5O2/c1-15-8(14)6-4-11-13(12-6)7-5-9-2-3-10-7/h2-5H,1H3. The van der Waals surface area contributed by atoms with E-state index in [1.807, 2.05) is 0 Å². The summed E-state index contributed by atoms with van der Waals surface area (Å²) in [6.07, 6.45) is 5.84. The highest BCUT2D eigenvalue weighted by atomic mass is 16.5. The number of carbonyl (C=O) groups excluding carboxylic acids is 1. The Morgan fingerprint density at radius 2 is 2.27 bits per heavy atom. The summed E-state index contributed by atoms with van der Waals surface area (Å²) in [5, 5.41) is 7.74. The Morgan fingerprint density at radius 1 is 1.40 bits per heavy atom. The van der Waals surface area contributed by atoms with Gasteiger partial charge in [-0.3, -0.25) is 4.98 Å². The van der Waals surface area contributed by atoms with Crippen molar-refractivity contribution in [3.8, 4) is 5.82 Å². The van der Waals surface area contributed by atoms with E-state index < -0.39 is 5.97 Å². The lowest BCUT2D eigenvalue weighted by atomic mass is 10.5. The molecule has 0 saturated heterocycles. The highest BCUT2D eigenvalue weighted by Crippen LogP contribution is 1.99. The lowest BCUT2D eigenvalue weighted by molar-refractivity contribution is 0.0593. The number of ether oxygens (including phenoxy) is 1. The summed E-state index contributed by atoms with van der Waals surface area (Å²) in [5.74, 6) is -0.0993. The number of hydrogen-bond donors (Lipinski definition) is 0. The van der Waals surface area contributed by atoms with E-state index in [9.17, 15) is 4.79 Å². The molecule has 0 bridgehead atoms. The molecule has 0 saturated carbocycles. The van der Waals surface area contributed by atoms with Gasteiger partial charge >= 0.3 is 5.97 Å². The Hall–Kier alpha value is -2.31. The van der Waals surface area contributed by atoms with Gasteiger partial charge in [-0.1, -0.05) is 0 Å². The number of methoxy groups -OCH3 is 1. The van der Waals surface area contributed by atoms with Gasteiger partial charge in [-0.15, -0.1) is 9.90 Å². The summed E-state index contributed by atoms with van der Waals surface area (Å²) in [6, 6.07) is 0. The van der Waals surface area contributed by atoms with E-state index in [0.717, 1.165) is 0 Å². The van der Waals surface area contributed by atoms with Crippen molar-refractivity contribution in [1.82, 2.24) is 25.0 Å². The second kappa shape index (κ2) is 3.82. The molecule has 2 aromatic rings. The van der Waals surface area contributed by atoms with Crippen LogP contribution in [-0.2, 0) is 4.74 Å². The predicted octanol–water partition coefficient (Wildman–Crippen LogP) is -0.156. The molecule has 0 fully saturated rings. The number of nitrogens with zero attached hydrogens (tertiary/aromatic N) is 5. The van der Waals surface area contributed by atoms with Crippen LogP contribution in [0.3, 0.4) is 0 Å². The predicted molar refractivity (Wildman–Crippen MR) is 48.3 cm³/mol. The number of hydrogen-bond acceptors (Lipinski definition) is 6. The van der Waals surface area contributed by atoms with Gasteiger partial charge < -0.3 is 4.74 Å². The smallest absolute Gasteiger partial charge is 0.360 e. The molecular weight excluding hydrogens is 198 g/mol. The monoisotopic (exact) mass is 205 g/mol. The van der Waals surface area contributed by atoms with Crippen LogP contribution in [0.25, 0.3) is 5.82 Å². The fourth-order valence-corrected chi connectivity index (χ4v) is 0.966. The third-order valence-electron chi connectivity index (χ3n) is 1.64. The van der Waals surface area contributed by atoms with Crippen LogP contribution >= 0.6 is 0 Å². The normalized spacial score (nSPS) is 9.93. The molecular formula is C8H7N5O2. The Morgan fingerprint density at radius 3 is 2.93 bits per heavy atom. The van der Waals surface area contributed by atoms with Crippen molar-refractivity contribution in [3.63, 3.8) is 0 Å². The zero-order valence-corrected chi connectivity index (χ0v) is 7.86. The van der Waals surface area contributed by atoms with Gasteiger partial charge in [-0.05, 0) is 0 Å². The first-order valence-corrected chi connectivity index (χ1v) is 4.08. The van der Waals surface area contributed by atoms with E-state index in [4.69, 9.17) is 0 Å². The zero-order chi connectivity index (χ0) is 10.7. The maximum Gasteiger partial charge on any atom is 0.360 e. The molecule has 0 radical (unpaired) electrons. The molecule has 0 unspecified atom stereocenters. The van der Waals surface area contributed by atoms with Gasteiger partial charge in [-0.2, -0.15) is 5.10 Å². The van der Waals surface area contributed by atoms with Crippen LogP contribution in [0.5, 0.6) is 0 Å². The second-order valence-electron chi connectivity index (χ2n) is 2.57. The van der Waals surface area contributed by atoms with Gasteiger partial charge in [-0.25, -0.2) is 9.78 Å². The van der Waals surface area contributed by atoms with Crippen molar-refractivity contribution in [2.45, 2.75) is 0 Å². The van der Waals surface area contributed by atoms with Crippen LogP contribution in [0.2, 0.25) is 0 Å². The maximum absolute atomic E-state index is 11.1. The second-order valence-corrected chi connectivity index (χ2v) is 2.57. The van der Waals surface area contributed by atoms with Gasteiger partial charge in [0.2, 0.25) is 0 Å². The largest absolute Gasteiger partial charge is 0.464 e. The summed E-state index contributed by atoms with van der Waals surface area (Å²) in [5.41, 5.74) is 0.128. The quantitative estimate of drug-likeness (QED) is 0.634. The van der Waals surface area contributed by atoms with Crippen molar-refractivity contribution in [2.24, 2.45) is 0 Å². The number of esters is 1. The van der Waals surface area contributed by atoms with Gasteiger partial charge in [0, 0.05) is 12.4 Å². The maximum atomic E-state index is 11.1. The fourth-order valence-electron chi connectivity index (χ4n) is 0.966. The molecule has 2 aromatic heterocycles. The van der Waals surface area contributed by atoms with E-state index in [2.05, 4.69) is 24.9 Å². The molecule has 7 nitrogen and oxygen atoms in total. The van der Waals surface area contributed by atoms with Crippen LogP contribution in [-0.4, -0.2) is 38.0 Å². The fraction of sp³-hybridized carbons (Fsp3) is 0.125. The van der Waals surface area contributed by atoms with Crippen LogP contribution in [0.4, 0.5) is 0 Å². The van der Waals surface area contributed by atoms with Crippen molar-refractivity contribution in [3.05, 3.63) is 30.5 Å². The number of carbonyl (C=O) groups is 1. The minimum atomic E-state index is -0.537. The summed E-state index contributed by atoms with van der Waals surface area (Å²) in [6.45, 7) is 0. The molecule has 7 heteroatoms. The molecule has 2 heterocycles. The first-order valence-electron chi connectivity index (χ1n) is 4.08. The molecule has 0 aliphatic rings. The lowest BCUT2D eigenvalue weighted by Gasteiger charge is -1.95. The zero-order valence-electron chi connectivity index (χ0n) is 7.86. The van der Waals surface area contributed by atoms with Gasteiger partial charge in [0.1, 0.15) is 0 Å². The van der Waals surface area contributed by atoms with Crippen molar-refractivity contribution in [1.29, 1.82) is 0 Å². The minimum absolute atomic E-state index is 0.128. The molecule has 15 heavy (non-hydrogen) atoms. The highest BCUT2D eigenvalue weighted by molar-refractivity contribution is 5.86. The molecule has 0 N–H and O–H groups in total. The van der Waals surface area contributed by atoms with Crippen molar-refractivity contribution in [2.75, 3.05) is 7.11 Å². The molecule has 76 valence electrons. The molecule has 0 amide bonds. The van der Waals surface area contributed by atoms with E-state index in [0.29, 0.717) is 5.82 Å². The summed E-state index contributed by atoms with van der Waals surface area (Å²) < 4.78 is 4.49. The first kappa shape index (κ1) is 9.25. The Balaban J connectivity index is 2.32. The highest BCUT2D eigenvalue weighted by Gasteiger charge is 2.11. The Labute approximate surface area is 84.7 Å². The minimum Gasteiger partial charge on any atom is -0.464 e. The van der Waals surface area contributed by atoms with Gasteiger partial charge in [0.25, 0.3) is 0 Å². The SMILES string of the molecule is COC(=O)c1cnn(-c2cnccn2)n1. The van der Waals surface area contributed by atoms with E-state index >= 15 is 0 Å². The Bertz CT molecular complexity index is 467. The van der Waals surface area contributed by atoms with E-state index in [-0.39, 0.29) is 5.69 Å². The summed E-state index contributed by atoms with van der Waals surface area (Å²) in [4.78, 5) is 20.1. The van der Waals surface area contributed by atoms with Crippen LogP contribution in [0.1, 0.15) is 10.5 Å². The average molecular weight is 205 g/mol. The van der Waals surface area contributed by atoms with Gasteiger partial charge in [0.05, 0.1) is 19.5 Å². The van der Waals surface area contributed by atoms with Crippen molar-refractivity contribution < 1.29 is 9.53 Å². The molecule has 0 atom stereocenters. The third kappa shape index (κ3) is 1.80. The van der Waals surface area contributed by atoms with E-state index in [1.165, 1.54) is 36.7 Å². The van der Waals surface area contributed by atoms with Crippen molar-refractivity contribution >= 4 is 5.97 Å². The summed E-state index contributed by atoms with van der Waals surface area (Å²) >= 11 is 0. The van der Waals surface area contributed by atoms with E-state index in [1.54, 1.807) is 0 Å². The molecule has 0 aliphatic carbocycles. The molecule has 0 aliphatic heterocycles. The molecule has 2 rings (SSSR count). The number of rotatable bonds is 2. The topological polar surface area (TPSA) is 82.8 Å². The Kier molecular flexibility index (Phi) is 2.36. The summed E-state index contributed by atoms with van der Waals surface area (Å²) in [7, 11) is 1.28. The number of aromatic nitrogens is 5. The first-order chi connectivity index (χ1) is 7.31. The lowest BCUT2D eigenvalue weighted by Crippen LogP contribution is -2.05. The van der Waals surface area contributed by atoms with Crippen LogP contribution in [0, 0.1) is 0 Å². The molecule has 0 aromatic carbocycles. The third-order valence-corrected chi connectivity index (χ3v) is 1.64. The average Bonchev–Trinajstić information content (AvgIpc) is 2.78.